The maximum Gasteiger partial charge on any atom is 0.294 e. The summed E-state index contributed by atoms with van der Waals surface area (Å²) in [5.41, 5.74) is 8.31. The van der Waals surface area contributed by atoms with Crippen LogP contribution in [0.5, 0.6) is 11.5 Å². The van der Waals surface area contributed by atoms with Crippen LogP contribution in [0.15, 0.2) is 106 Å². The number of amides is 1. The van der Waals surface area contributed by atoms with Crippen LogP contribution in [-0.4, -0.2) is 95.5 Å². The Kier molecular flexibility index (Phi) is 17.1. The zero-order valence-electron chi connectivity index (χ0n) is 42.1. The second-order valence-corrected chi connectivity index (χ2v) is 24.4. The Hall–Kier alpha value is -6.56. The number of sulfonamides is 2. The van der Waals surface area contributed by atoms with Crippen molar-refractivity contribution in [1.82, 2.24) is 14.6 Å². The van der Waals surface area contributed by atoms with Crippen molar-refractivity contribution in [2.24, 2.45) is 17.3 Å². The fourth-order valence-electron chi connectivity index (χ4n) is 9.92. The Morgan fingerprint density at radius 1 is 0.829 bits per heavy atom. The number of nitrogens with one attached hydrogen (secondary N) is 3. The van der Waals surface area contributed by atoms with E-state index in [0.717, 1.165) is 88.8 Å². The van der Waals surface area contributed by atoms with E-state index in [2.05, 4.69) is 50.8 Å². The summed E-state index contributed by atoms with van der Waals surface area (Å²) in [6.07, 6.45) is 8.01. The fraction of sp³-hybridized carbons (Fsp3) is 0.385. The van der Waals surface area contributed by atoms with Crippen LogP contribution in [0.4, 0.5) is 34.3 Å². The molecule has 0 spiro atoms. The highest BCUT2D eigenvalue weighted by Crippen LogP contribution is 2.44. The number of carbonyl (C=O) groups is 1. The molecular weight excluding hydrogens is 1060 g/mol. The lowest BCUT2D eigenvalue weighted by Gasteiger charge is -2.39. The van der Waals surface area contributed by atoms with Crippen LogP contribution >= 0.6 is 23.2 Å². The number of nitro groups is 2. The SMILES string of the molecule is COCC1CCC(CNc2ccc(S(=O)(=O)Nc3ccc(S(=O)(=O)NC(=O)c4ccc(N5CCN(CC6=C(c7ccc(Cl)cc7)CC(C)(C)CC6)CC5)cc4Oc4cnc(N)c(Cl)c4)cc3[N+](=O)[O-])cc2[N+](=O)[O-])CC1. The van der Waals surface area contributed by atoms with Crippen LogP contribution < -0.4 is 30.1 Å². The number of rotatable bonds is 19. The first-order valence-electron chi connectivity index (χ1n) is 24.6. The first kappa shape index (κ1) is 55.7. The number of pyridine rings is 1. The van der Waals surface area contributed by atoms with Gasteiger partial charge in [0.05, 0.1) is 36.4 Å². The van der Waals surface area contributed by atoms with Crippen molar-refractivity contribution in [3.05, 3.63) is 138 Å². The molecule has 2 aliphatic carbocycles. The maximum atomic E-state index is 14.0. The molecule has 2 heterocycles. The molecular formula is C52H59Cl2N9O11S2. The van der Waals surface area contributed by atoms with Crippen molar-refractivity contribution in [2.45, 2.75) is 68.6 Å². The third-order valence-corrected chi connectivity index (χ3v) is 17.4. The van der Waals surface area contributed by atoms with Gasteiger partial charge < -0.3 is 25.4 Å². The number of methoxy groups -OCH3 is 1. The number of nitrogens with zero attached hydrogens (tertiary/aromatic N) is 5. The number of ether oxygens (including phenoxy) is 2. The second-order valence-electron chi connectivity index (χ2n) is 20.1. The van der Waals surface area contributed by atoms with Crippen molar-refractivity contribution in [3.63, 3.8) is 0 Å². The monoisotopic (exact) mass is 1120 g/mol. The first-order chi connectivity index (χ1) is 36.1. The normalized spacial score (nSPS) is 18.2. The van der Waals surface area contributed by atoms with Crippen molar-refractivity contribution in [2.75, 3.05) is 73.7 Å². The molecule has 1 saturated carbocycles. The zero-order chi connectivity index (χ0) is 54.5. The Balaban J connectivity index is 0.975. The molecule has 3 aliphatic rings. The van der Waals surface area contributed by atoms with E-state index < -0.39 is 62.7 Å². The van der Waals surface area contributed by atoms with E-state index in [4.69, 9.17) is 38.4 Å². The van der Waals surface area contributed by atoms with Gasteiger partial charge >= 0.3 is 0 Å². The molecule has 24 heteroatoms. The Bertz CT molecular complexity index is 3270. The largest absolute Gasteiger partial charge is 0.455 e. The predicted octanol–water partition coefficient (Wildman–Crippen LogP) is 10.1. The molecule has 2 fully saturated rings. The summed E-state index contributed by atoms with van der Waals surface area (Å²) in [6.45, 7) is 9.20. The molecule has 0 bridgehead atoms. The van der Waals surface area contributed by atoms with E-state index in [9.17, 15) is 41.9 Å². The molecule has 5 N–H and O–H groups in total. The Morgan fingerprint density at radius 3 is 2.11 bits per heavy atom. The number of benzene rings is 4. The molecule has 0 unspecified atom stereocenters. The lowest BCUT2D eigenvalue weighted by atomic mass is 9.72. The number of aromatic nitrogens is 1. The number of hydrogen-bond donors (Lipinski definition) is 4. The summed E-state index contributed by atoms with van der Waals surface area (Å²) < 4.78 is 70.4. The fourth-order valence-corrected chi connectivity index (χ4v) is 12.3. The number of nitrogen functional groups attached to an aromatic ring is 1. The van der Waals surface area contributed by atoms with Crippen molar-refractivity contribution >= 4 is 89.0 Å². The van der Waals surface area contributed by atoms with Gasteiger partial charge in [0.2, 0.25) is 0 Å². The first-order valence-corrected chi connectivity index (χ1v) is 28.4. The van der Waals surface area contributed by atoms with Gasteiger partial charge in [0.15, 0.2) is 0 Å². The van der Waals surface area contributed by atoms with Crippen LogP contribution in [0.2, 0.25) is 10.0 Å². The van der Waals surface area contributed by atoms with Crippen molar-refractivity contribution < 1.29 is 41.0 Å². The van der Waals surface area contributed by atoms with Gasteiger partial charge in [-0.05, 0) is 122 Å². The molecule has 4 aromatic carbocycles. The van der Waals surface area contributed by atoms with Gasteiger partial charge in [-0.15, -0.1) is 0 Å². The number of carbonyl (C=O) groups excluding carboxylic acids is 1. The molecule has 8 rings (SSSR count). The number of nitrogens with two attached hydrogens (primary N) is 1. The number of hydrogen-bond acceptors (Lipinski definition) is 16. The molecule has 5 aromatic rings. The molecule has 1 aromatic heterocycles. The maximum absolute atomic E-state index is 14.0. The lowest BCUT2D eigenvalue weighted by molar-refractivity contribution is -0.384. The van der Waals surface area contributed by atoms with Gasteiger partial charge in [-0.1, -0.05) is 54.8 Å². The van der Waals surface area contributed by atoms with E-state index in [1.807, 2.05) is 16.9 Å². The number of allylic oxidation sites excluding steroid dienone is 1. The minimum absolute atomic E-state index is 0.0265. The molecule has 1 aliphatic heterocycles. The second kappa shape index (κ2) is 23.4. The van der Waals surface area contributed by atoms with E-state index in [1.54, 1.807) is 19.2 Å². The minimum atomic E-state index is -4.90. The molecule has 0 atom stereocenters. The molecule has 1 amide bonds. The number of piperazine rings is 1. The number of nitro benzene ring substituents is 2. The Labute approximate surface area is 451 Å². The summed E-state index contributed by atoms with van der Waals surface area (Å²) in [5.74, 6) is -0.429. The summed E-state index contributed by atoms with van der Waals surface area (Å²) in [7, 11) is -7.97. The van der Waals surface area contributed by atoms with Crippen LogP contribution in [0, 0.1) is 37.5 Å². The summed E-state index contributed by atoms with van der Waals surface area (Å²) >= 11 is 12.5. The highest BCUT2D eigenvalue weighted by molar-refractivity contribution is 7.92. The van der Waals surface area contributed by atoms with E-state index >= 15 is 0 Å². The van der Waals surface area contributed by atoms with Gasteiger partial charge in [0, 0.05) is 88.0 Å². The van der Waals surface area contributed by atoms with Gasteiger partial charge in [0.1, 0.15) is 28.7 Å². The highest BCUT2D eigenvalue weighted by Gasteiger charge is 2.32. The molecule has 404 valence electrons. The number of anilines is 4. The summed E-state index contributed by atoms with van der Waals surface area (Å²) in [6, 6.07) is 19.5. The molecule has 0 radical (unpaired) electrons. The molecule has 1 saturated heterocycles. The van der Waals surface area contributed by atoms with Crippen LogP contribution in [-0.2, 0) is 24.8 Å². The zero-order valence-corrected chi connectivity index (χ0v) is 45.2. The average Bonchev–Trinajstić information content (AvgIpc) is 3.38. The van der Waals surface area contributed by atoms with E-state index in [0.29, 0.717) is 48.9 Å². The third-order valence-electron chi connectivity index (χ3n) is 14.2. The van der Waals surface area contributed by atoms with Crippen molar-refractivity contribution in [3.8, 4) is 11.5 Å². The van der Waals surface area contributed by atoms with Crippen LogP contribution in [0.3, 0.4) is 0 Å². The lowest BCUT2D eigenvalue weighted by Crippen LogP contribution is -2.47. The van der Waals surface area contributed by atoms with Crippen LogP contribution in [0.1, 0.15) is 74.7 Å². The van der Waals surface area contributed by atoms with Crippen LogP contribution in [0.25, 0.3) is 5.57 Å². The summed E-state index contributed by atoms with van der Waals surface area (Å²) in [4.78, 5) is 44.0. The minimum Gasteiger partial charge on any atom is -0.455 e. The smallest absolute Gasteiger partial charge is 0.294 e. The van der Waals surface area contributed by atoms with E-state index in [-0.39, 0.29) is 44.9 Å². The topological polar surface area (TPSA) is 272 Å². The summed E-state index contributed by atoms with van der Waals surface area (Å²) in [5, 5.41) is 28.3. The third kappa shape index (κ3) is 13.5. The van der Waals surface area contributed by atoms with Gasteiger partial charge in [-0.25, -0.2) is 26.5 Å². The standard InChI is InChI=1S/C52H59Cl2N9O11S2/c1-52(2)19-18-36(43(28-52)35-8-10-37(53)11-9-35)31-60-20-22-61(23-21-60)38-12-15-42(49(24-38)74-39-25-44(54)50(55)57-30-39)51(64)59-76(71,72)41-14-17-46(48(27-41)63(67)68)58-75(69,70)40-13-16-45(47(26-40)62(65)66)56-29-33-4-6-34(7-5-33)32-73-3/h8-17,24-27,30,33-34,56,58H,4-7,18-23,28-29,31-32H2,1-3H3,(H2,55,57)(H,59,64). The van der Waals surface area contributed by atoms with Crippen molar-refractivity contribution in [1.29, 1.82) is 0 Å². The Morgan fingerprint density at radius 2 is 1.46 bits per heavy atom. The molecule has 20 nitrogen and oxygen atoms in total. The number of halogens is 2. The predicted molar refractivity (Wildman–Crippen MR) is 292 cm³/mol. The van der Waals surface area contributed by atoms with Gasteiger partial charge in [-0.3, -0.25) is 34.6 Å². The average molecular weight is 1120 g/mol. The van der Waals surface area contributed by atoms with Gasteiger partial charge in [0.25, 0.3) is 37.3 Å². The molecule has 76 heavy (non-hydrogen) atoms. The van der Waals surface area contributed by atoms with Gasteiger partial charge in [-0.2, -0.15) is 0 Å². The van der Waals surface area contributed by atoms with E-state index in [1.165, 1.54) is 41.1 Å². The highest BCUT2D eigenvalue weighted by atomic mass is 35.5. The quantitative estimate of drug-likeness (QED) is 0.0442.